The molecular formula is C26H33N3O5S. The Hall–Kier alpha value is -2.91. The van der Waals surface area contributed by atoms with Gasteiger partial charge in [-0.1, -0.05) is 29.8 Å². The number of amides is 2. The summed E-state index contributed by atoms with van der Waals surface area (Å²) in [6, 6.07) is 10.2. The Morgan fingerprint density at radius 3 is 1.97 bits per heavy atom. The summed E-state index contributed by atoms with van der Waals surface area (Å²) in [5, 5.41) is 9.96. The summed E-state index contributed by atoms with van der Waals surface area (Å²) in [7, 11) is -3.62. The summed E-state index contributed by atoms with van der Waals surface area (Å²) in [6.07, 6.45) is 0.970. The zero-order valence-corrected chi connectivity index (χ0v) is 21.3. The molecular weight excluding hydrogens is 466 g/mol. The third kappa shape index (κ3) is 5.06. The van der Waals surface area contributed by atoms with E-state index in [0.29, 0.717) is 57.0 Å². The highest BCUT2D eigenvalue weighted by Gasteiger charge is 2.36. The van der Waals surface area contributed by atoms with E-state index in [2.05, 4.69) is 0 Å². The molecule has 188 valence electrons. The minimum atomic E-state index is -3.62. The van der Waals surface area contributed by atoms with Gasteiger partial charge < -0.3 is 14.9 Å². The number of hydrogen-bond acceptors (Lipinski definition) is 5. The molecule has 35 heavy (non-hydrogen) atoms. The molecule has 2 aliphatic rings. The first-order chi connectivity index (χ1) is 16.6. The van der Waals surface area contributed by atoms with Crippen molar-refractivity contribution in [1.82, 2.24) is 14.1 Å². The summed E-state index contributed by atoms with van der Waals surface area (Å²) in [4.78, 5) is 29.7. The molecule has 0 aliphatic carbocycles. The van der Waals surface area contributed by atoms with E-state index in [-0.39, 0.29) is 29.0 Å². The van der Waals surface area contributed by atoms with Gasteiger partial charge in [-0.2, -0.15) is 4.31 Å². The maximum Gasteiger partial charge on any atom is 0.257 e. The summed E-state index contributed by atoms with van der Waals surface area (Å²) in [5.74, 6) is -0.481. The van der Waals surface area contributed by atoms with Crippen LogP contribution in [0, 0.1) is 26.7 Å². The van der Waals surface area contributed by atoms with Crippen LogP contribution in [0.15, 0.2) is 41.3 Å². The number of para-hydroxylation sites is 1. The maximum atomic E-state index is 13.3. The van der Waals surface area contributed by atoms with Gasteiger partial charge in [0.05, 0.1) is 10.5 Å². The number of nitrogens with zero attached hydrogens (tertiary/aromatic N) is 3. The summed E-state index contributed by atoms with van der Waals surface area (Å²) in [5.41, 5.74) is 2.79. The Balaban J connectivity index is 1.34. The van der Waals surface area contributed by atoms with Gasteiger partial charge in [0, 0.05) is 45.2 Å². The SMILES string of the molecule is Cc1cc(C)c(S(=O)(=O)N2CCC(C(=O)N3CCN(C(=O)c4ccccc4O)CC3)CC2)c(C)c1. The number of hydrogen-bond donors (Lipinski definition) is 1. The lowest BCUT2D eigenvalue weighted by atomic mass is 9.96. The largest absolute Gasteiger partial charge is 0.507 e. The minimum absolute atomic E-state index is 0.0272. The molecule has 0 radical (unpaired) electrons. The molecule has 1 N–H and O–H groups in total. The van der Waals surface area contributed by atoms with Crippen LogP contribution in [0.4, 0.5) is 0 Å². The van der Waals surface area contributed by atoms with Gasteiger partial charge in [-0.3, -0.25) is 9.59 Å². The number of phenolic OH excluding ortho intramolecular Hbond substituents is 1. The number of benzene rings is 2. The molecule has 2 heterocycles. The topological polar surface area (TPSA) is 98.2 Å². The molecule has 0 spiro atoms. The van der Waals surface area contributed by atoms with E-state index in [1.807, 2.05) is 32.9 Å². The van der Waals surface area contributed by atoms with Crippen LogP contribution in [0.25, 0.3) is 0 Å². The van der Waals surface area contributed by atoms with Gasteiger partial charge >= 0.3 is 0 Å². The van der Waals surface area contributed by atoms with E-state index in [1.165, 1.54) is 10.4 Å². The van der Waals surface area contributed by atoms with E-state index >= 15 is 0 Å². The fourth-order valence-electron chi connectivity index (χ4n) is 5.26. The van der Waals surface area contributed by atoms with Crippen molar-refractivity contribution in [2.75, 3.05) is 39.3 Å². The second kappa shape index (κ2) is 9.99. The smallest absolute Gasteiger partial charge is 0.257 e. The van der Waals surface area contributed by atoms with E-state index in [9.17, 15) is 23.1 Å². The van der Waals surface area contributed by atoms with Crippen LogP contribution in [0.3, 0.4) is 0 Å². The van der Waals surface area contributed by atoms with Crippen LogP contribution in [0.2, 0.25) is 0 Å². The van der Waals surface area contributed by atoms with Crippen molar-refractivity contribution in [2.24, 2.45) is 5.92 Å². The summed E-state index contributed by atoms with van der Waals surface area (Å²) in [6.45, 7) is 7.90. The van der Waals surface area contributed by atoms with Gasteiger partial charge in [0.1, 0.15) is 5.75 Å². The Kier molecular flexibility index (Phi) is 7.19. The average Bonchev–Trinajstić information content (AvgIpc) is 2.83. The lowest BCUT2D eigenvalue weighted by Gasteiger charge is -2.38. The highest BCUT2D eigenvalue weighted by atomic mass is 32.2. The van der Waals surface area contributed by atoms with Crippen molar-refractivity contribution in [3.63, 3.8) is 0 Å². The van der Waals surface area contributed by atoms with Gasteiger partial charge in [0.2, 0.25) is 15.9 Å². The molecule has 4 rings (SSSR count). The van der Waals surface area contributed by atoms with Gasteiger partial charge in [0.25, 0.3) is 5.91 Å². The fraction of sp³-hybridized carbons (Fsp3) is 0.462. The van der Waals surface area contributed by atoms with Gasteiger partial charge in [-0.25, -0.2) is 8.42 Å². The van der Waals surface area contributed by atoms with Crippen LogP contribution in [-0.4, -0.2) is 78.7 Å². The molecule has 2 aromatic rings. The summed E-state index contributed by atoms with van der Waals surface area (Å²) < 4.78 is 28.2. The third-order valence-corrected chi connectivity index (χ3v) is 9.22. The molecule has 0 unspecified atom stereocenters. The van der Waals surface area contributed by atoms with Crippen LogP contribution in [0.1, 0.15) is 39.9 Å². The van der Waals surface area contributed by atoms with Crippen molar-refractivity contribution in [3.8, 4) is 5.75 Å². The van der Waals surface area contributed by atoms with Crippen LogP contribution in [0.5, 0.6) is 5.75 Å². The monoisotopic (exact) mass is 499 g/mol. The van der Waals surface area contributed by atoms with E-state index in [0.717, 1.165) is 16.7 Å². The molecule has 2 amide bonds. The lowest BCUT2D eigenvalue weighted by Crippen LogP contribution is -2.53. The number of carbonyl (C=O) groups is 2. The van der Waals surface area contributed by atoms with Crippen molar-refractivity contribution in [3.05, 3.63) is 58.7 Å². The average molecular weight is 500 g/mol. The number of carbonyl (C=O) groups excluding carboxylic acids is 2. The highest BCUT2D eigenvalue weighted by Crippen LogP contribution is 2.29. The molecule has 2 aromatic carbocycles. The number of aryl methyl sites for hydroxylation is 3. The molecule has 0 atom stereocenters. The number of phenols is 1. The van der Waals surface area contributed by atoms with Crippen LogP contribution in [-0.2, 0) is 14.8 Å². The number of piperidine rings is 1. The third-order valence-electron chi connectivity index (χ3n) is 7.02. The van der Waals surface area contributed by atoms with Crippen molar-refractivity contribution in [1.29, 1.82) is 0 Å². The Morgan fingerprint density at radius 1 is 0.857 bits per heavy atom. The van der Waals surface area contributed by atoms with Crippen molar-refractivity contribution < 1.29 is 23.1 Å². The zero-order chi connectivity index (χ0) is 25.3. The molecule has 0 saturated carbocycles. The number of rotatable bonds is 4. The number of aromatic hydroxyl groups is 1. The standard InChI is InChI=1S/C26H33N3O5S/c1-18-16-19(2)24(20(3)17-18)35(33,34)29-10-8-21(9-11-29)25(31)27-12-14-28(15-13-27)26(32)22-6-4-5-7-23(22)30/h4-7,16-17,21,30H,8-15H2,1-3H3. The van der Waals surface area contributed by atoms with Crippen molar-refractivity contribution in [2.45, 2.75) is 38.5 Å². The second-order valence-corrected chi connectivity index (χ2v) is 11.4. The predicted octanol–water partition coefficient (Wildman–Crippen LogP) is 2.70. The lowest BCUT2D eigenvalue weighted by molar-refractivity contribution is -0.138. The molecule has 0 aromatic heterocycles. The van der Waals surface area contributed by atoms with Gasteiger partial charge in [0.15, 0.2) is 0 Å². The Bertz CT molecular complexity index is 1200. The summed E-state index contributed by atoms with van der Waals surface area (Å²) >= 11 is 0. The van der Waals surface area contributed by atoms with Gasteiger partial charge in [-0.15, -0.1) is 0 Å². The first kappa shape index (κ1) is 25.2. The molecule has 2 fully saturated rings. The van der Waals surface area contributed by atoms with E-state index in [4.69, 9.17) is 0 Å². The second-order valence-electron chi connectivity index (χ2n) is 9.54. The molecule has 8 nitrogen and oxygen atoms in total. The fourth-order valence-corrected chi connectivity index (χ4v) is 7.14. The normalized spacial score (nSPS) is 18.0. The zero-order valence-electron chi connectivity index (χ0n) is 20.5. The minimum Gasteiger partial charge on any atom is -0.507 e. The molecule has 0 bridgehead atoms. The number of sulfonamides is 1. The number of piperazine rings is 1. The van der Waals surface area contributed by atoms with E-state index < -0.39 is 10.0 Å². The predicted molar refractivity (Wildman–Crippen MR) is 133 cm³/mol. The van der Waals surface area contributed by atoms with Gasteiger partial charge in [-0.05, 0) is 56.9 Å². The Labute approximate surface area is 207 Å². The molecule has 2 saturated heterocycles. The first-order valence-corrected chi connectivity index (χ1v) is 13.5. The maximum absolute atomic E-state index is 13.3. The molecule has 2 aliphatic heterocycles. The Morgan fingerprint density at radius 2 is 1.40 bits per heavy atom. The van der Waals surface area contributed by atoms with E-state index in [1.54, 1.807) is 28.0 Å². The van der Waals surface area contributed by atoms with Crippen LogP contribution >= 0.6 is 0 Å². The quantitative estimate of drug-likeness (QED) is 0.698. The van der Waals surface area contributed by atoms with Crippen LogP contribution < -0.4 is 0 Å². The molecule has 9 heteroatoms. The first-order valence-electron chi connectivity index (χ1n) is 12.0. The van der Waals surface area contributed by atoms with Crippen molar-refractivity contribution >= 4 is 21.8 Å². The highest BCUT2D eigenvalue weighted by molar-refractivity contribution is 7.89.